The quantitative estimate of drug-likeness (QED) is 0.832. The number of amides is 1. The summed E-state index contributed by atoms with van der Waals surface area (Å²) in [5.74, 6) is 2.43. The number of likely N-dealkylation sites (tertiary alicyclic amines) is 1. The van der Waals surface area contributed by atoms with Crippen molar-refractivity contribution in [1.82, 2.24) is 25.2 Å². The fourth-order valence-electron chi connectivity index (χ4n) is 2.51. The molecule has 3 heterocycles. The lowest BCUT2D eigenvalue weighted by molar-refractivity contribution is -0.131. The van der Waals surface area contributed by atoms with Crippen LogP contribution in [0.25, 0.3) is 0 Å². The topological polar surface area (TPSA) is 98.2 Å². The van der Waals surface area contributed by atoms with E-state index >= 15 is 0 Å². The van der Waals surface area contributed by atoms with Gasteiger partial charge in [0.05, 0.1) is 6.42 Å². The molecule has 0 spiro atoms. The van der Waals surface area contributed by atoms with Crippen molar-refractivity contribution >= 4 is 5.91 Å². The SMILES string of the molecule is Cc1nc(CC(=O)N2CCC(c3nnc(C)o3)CC2)no1. The van der Waals surface area contributed by atoms with E-state index in [0.29, 0.717) is 36.6 Å². The molecule has 0 bridgehead atoms. The summed E-state index contributed by atoms with van der Waals surface area (Å²) in [4.78, 5) is 18.1. The Morgan fingerprint density at radius 3 is 2.57 bits per heavy atom. The smallest absolute Gasteiger partial charge is 0.230 e. The Bertz CT molecular complexity index is 627. The number of carbonyl (C=O) groups excluding carboxylic acids is 1. The van der Waals surface area contributed by atoms with Gasteiger partial charge >= 0.3 is 0 Å². The monoisotopic (exact) mass is 291 g/mol. The van der Waals surface area contributed by atoms with E-state index in [-0.39, 0.29) is 18.2 Å². The second-order valence-electron chi connectivity index (χ2n) is 5.22. The van der Waals surface area contributed by atoms with Gasteiger partial charge in [0.1, 0.15) is 0 Å². The predicted molar refractivity (Wildman–Crippen MR) is 70.3 cm³/mol. The van der Waals surface area contributed by atoms with Gasteiger partial charge in [0.25, 0.3) is 0 Å². The zero-order valence-corrected chi connectivity index (χ0v) is 12.1. The molecule has 1 saturated heterocycles. The number of hydrogen-bond acceptors (Lipinski definition) is 7. The highest BCUT2D eigenvalue weighted by molar-refractivity contribution is 5.78. The molecule has 0 saturated carbocycles. The van der Waals surface area contributed by atoms with Crippen molar-refractivity contribution in [2.45, 2.75) is 39.0 Å². The first-order chi connectivity index (χ1) is 10.1. The second kappa shape index (κ2) is 5.63. The summed E-state index contributed by atoms with van der Waals surface area (Å²) in [5, 5.41) is 11.7. The van der Waals surface area contributed by atoms with Crippen LogP contribution in [-0.2, 0) is 11.2 Å². The molecule has 0 N–H and O–H groups in total. The molecule has 0 atom stereocenters. The lowest BCUT2D eigenvalue weighted by atomic mass is 9.96. The molecule has 21 heavy (non-hydrogen) atoms. The van der Waals surface area contributed by atoms with Gasteiger partial charge in [-0.1, -0.05) is 5.16 Å². The van der Waals surface area contributed by atoms with E-state index in [1.807, 2.05) is 4.90 Å². The fourth-order valence-corrected chi connectivity index (χ4v) is 2.51. The summed E-state index contributed by atoms with van der Waals surface area (Å²) < 4.78 is 10.3. The first kappa shape index (κ1) is 13.7. The van der Waals surface area contributed by atoms with Crippen molar-refractivity contribution in [2.75, 3.05) is 13.1 Å². The third kappa shape index (κ3) is 3.09. The molecule has 0 aromatic carbocycles. The van der Waals surface area contributed by atoms with E-state index in [0.717, 1.165) is 12.8 Å². The minimum atomic E-state index is 0.0240. The molecule has 112 valence electrons. The van der Waals surface area contributed by atoms with Crippen LogP contribution in [0.2, 0.25) is 0 Å². The zero-order chi connectivity index (χ0) is 14.8. The third-order valence-corrected chi connectivity index (χ3v) is 3.62. The van der Waals surface area contributed by atoms with Gasteiger partial charge in [0.2, 0.25) is 23.6 Å². The van der Waals surface area contributed by atoms with Gasteiger partial charge in [-0.15, -0.1) is 10.2 Å². The van der Waals surface area contributed by atoms with Crippen LogP contribution in [0, 0.1) is 13.8 Å². The lowest BCUT2D eigenvalue weighted by Crippen LogP contribution is -2.39. The summed E-state index contributed by atoms with van der Waals surface area (Å²) in [6.45, 7) is 4.85. The van der Waals surface area contributed by atoms with Crippen molar-refractivity contribution < 1.29 is 13.7 Å². The van der Waals surface area contributed by atoms with E-state index in [2.05, 4.69) is 20.3 Å². The van der Waals surface area contributed by atoms with E-state index in [1.165, 1.54) is 0 Å². The molecule has 0 unspecified atom stereocenters. The summed E-state index contributed by atoms with van der Waals surface area (Å²) >= 11 is 0. The maximum absolute atomic E-state index is 12.2. The minimum absolute atomic E-state index is 0.0240. The Labute approximate surface area is 121 Å². The average molecular weight is 291 g/mol. The minimum Gasteiger partial charge on any atom is -0.425 e. The van der Waals surface area contributed by atoms with Gasteiger partial charge in [-0.05, 0) is 12.8 Å². The maximum atomic E-state index is 12.2. The molecule has 1 aliphatic heterocycles. The Morgan fingerprint density at radius 1 is 1.24 bits per heavy atom. The van der Waals surface area contributed by atoms with Crippen LogP contribution in [-0.4, -0.2) is 44.2 Å². The van der Waals surface area contributed by atoms with Gasteiger partial charge in [0, 0.05) is 32.9 Å². The van der Waals surface area contributed by atoms with Crippen molar-refractivity contribution in [3.63, 3.8) is 0 Å². The molecule has 2 aromatic rings. The van der Waals surface area contributed by atoms with Crippen LogP contribution in [0.5, 0.6) is 0 Å². The first-order valence-corrected chi connectivity index (χ1v) is 6.99. The predicted octanol–water partition coefficient (Wildman–Crippen LogP) is 1.02. The van der Waals surface area contributed by atoms with Crippen LogP contribution < -0.4 is 0 Å². The number of hydrogen-bond donors (Lipinski definition) is 0. The van der Waals surface area contributed by atoms with Crippen molar-refractivity contribution in [3.05, 3.63) is 23.5 Å². The van der Waals surface area contributed by atoms with Gasteiger partial charge in [-0.2, -0.15) is 4.98 Å². The summed E-state index contributed by atoms with van der Waals surface area (Å²) in [5.41, 5.74) is 0. The normalized spacial score (nSPS) is 16.4. The van der Waals surface area contributed by atoms with E-state index < -0.39 is 0 Å². The van der Waals surface area contributed by atoms with Crippen molar-refractivity contribution in [2.24, 2.45) is 0 Å². The number of carbonyl (C=O) groups is 1. The van der Waals surface area contributed by atoms with Gasteiger partial charge in [-0.3, -0.25) is 4.79 Å². The number of nitrogens with zero attached hydrogens (tertiary/aromatic N) is 5. The van der Waals surface area contributed by atoms with Gasteiger partial charge in [0.15, 0.2) is 5.82 Å². The number of aromatic nitrogens is 4. The van der Waals surface area contributed by atoms with Crippen LogP contribution >= 0.6 is 0 Å². The Morgan fingerprint density at radius 2 is 2.00 bits per heavy atom. The maximum Gasteiger partial charge on any atom is 0.230 e. The highest BCUT2D eigenvalue weighted by Crippen LogP contribution is 2.27. The lowest BCUT2D eigenvalue weighted by Gasteiger charge is -2.30. The molecule has 1 aliphatic rings. The second-order valence-corrected chi connectivity index (χ2v) is 5.22. The molecule has 0 radical (unpaired) electrons. The van der Waals surface area contributed by atoms with Crippen LogP contribution in [0.1, 0.15) is 42.3 Å². The molecule has 1 amide bonds. The van der Waals surface area contributed by atoms with Gasteiger partial charge < -0.3 is 13.8 Å². The molecule has 8 heteroatoms. The molecule has 0 aliphatic carbocycles. The number of piperidine rings is 1. The van der Waals surface area contributed by atoms with Crippen LogP contribution in [0.15, 0.2) is 8.94 Å². The zero-order valence-electron chi connectivity index (χ0n) is 12.1. The summed E-state index contributed by atoms with van der Waals surface area (Å²) in [6, 6.07) is 0. The van der Waals surface area contributed by atoms with Crippen LogP contribution in [0.4, 0.5) is 0 Å². The Hall–Kier alpha value is -2.25. The highest BCUT2D eigenvalue weighted by atomic mass is 16.5. The summed E-state index contributed by atoms with van der Waals surface area (Å²) in [7, 11) is 0. The van der Waals surface area contributed by atoms with Crippen molar-refractivity contribution in [3.8, 4) is 0 Å². The van der Waals surface area contributed by atoms with Crippen molar-refractivity contribution in [1.29, 1.82) is 0 Å². The molecular formula is C13H17N5O3. The Balaban J connectivity index is 1.54. The molecule has 8 nitrogen and oxygen atoms in total. The number of rotatable bonds is 3. The molecule has 2 aromatic heterocycles. The van der Waals surface area contributed by atoms with E-state index in [4.69, 9.17) is 8.94 Å². The number of aryl methyl sites for hydroxylation is 2. The third-order valence-electron chi connectivity index (χ3n) is 3.62. The largest absolute Gasteiger partial charge is 0.425 e. The molecule has 3 rings (SSSR count). The molecule has 1 fully saturated rings. The fraction of sp³-hybridized carbons (Fsp3) is 0.615. The average Bonchev–Trinajstić information content (AvgIpc) is 3.08. The summed E-state index contributed by atoms with van der Waals surface area (Å²) in [6.07, 6.45) is 1.85. The highest BCUT2D eigenvalue weighted by Gasteiger charge is 2.27. The first-order valence-electron chi connectivity index (χ1n) is 6.99. The van der Waals surface area contributed by atoms with E-state index in [1.54, 1.807) is 13.8 Å². The molecular weight excluding hydrogens is 274 g/mol. The Kier molecular flexibility index (Phi) is 3.68. The standard InChI is InChI=1S/C13H17N5O3/c1-8-14-11(17-21-8)7-12(19)18-5-3-10(4-6-18)13-16-15-9(2)20-13/h10H,3-7H2,1-2H3. The van der Waals surface area contributed by atoms with Crippen LogP contribution in [0.3, 0.4) is 0 Å². The van der Waals surface area contributed by atoms with Gasteiger partial charge in [-0.25, -0.2) is 0 Å². The van der Waals surface area contributed by atoms with E-state index in [9.17, 15) is 4.79 Å².